The van der Waals surface area contributed by atoms with Crippen molar-refractivity contribution in [3.63, 3.8) is 0 Å². The fourth-order valence-electron chi connectivity index (χ4n) is 3.04. The number of alkyl halides is 3. The third-order valence-electron chi connectivity index (χ3n) is 4.59. The van der Waals surface area contributed by atoms with Crippen LogP contribution in [0.3, 0.4) is 0 Å². The van der Waals surface area contributed by atoms with E-state index in [9.17, 15) is 26.7 Å². The minimum absolute atomic E-state index is 0.0304. The first kappa shape index (κ1) is 22.1. The summed E-state index contributed by atoms with van der Waals surface area (Å²) in [4.78, 5) is 15.2. The van der Waals surface area contributed by atoms with E-state index >= 15 is 0 Å². The van der Waals surface area contributed by atoms with Crippen molar-refractivity contribution in [2.75, 3.05) is 7.11 Å². The first-order valence-corrected chi connectivity index (χ1v) is 9.27. The number of carbonyl (C=O) groups is 1. The number of ether oxygens (including phenoxy) is 1. The predicted octanol–water partition coefficient (Wildman–Crippen LogP) is 4.73. The lowest BCUT2D eigenvalue weighted by Gasteiger charge is -2.09. The van der Waals surface area contributed by atoms with Gasteiger partial charge in [-0.3, -0.25) is 4.68 Å². The Bertz CT molecular complexity index is 1310. The Kier molecular flexibility index (Phi) is 5.66. The van der Waals surface area contributed by atoms with Gasteiger partial charge < -0.3 is 9.26 Å². The number of esters is 1. The molecule has 0 radical (unpaired) electrons. The highest BCUT2D eigenvalue weighted by molar-refractivity contribution is 5.88. The Morgan fingerprint density at radius 1 is 1.09 bits per heavy atom. The molecule has 0 spiro atoms. The largest absolute Gasteiger partial charge is 0.471 e. The van der Waals surface area contributed by atoms with E-state index in [0.29, 0.717) is 5.56 Å². The van der Waals surface area contributed by atoms with Crippen LogP contribution in [0.4, 0.5) is 22.0 Å². The molecule has 0 atom stereocenters. The van der Waals surface area contributed by atoms with Gasteiger partial charge in [-0.1, -0.05) is 29.4 Å². The summed E-state index contributed by atoms with van der Waals surface area (Å²) in [5.41, 5.74) is 0.769. The number of halogens is 5. The number of hydrogen-bond acceptors (Lipinski definition) is 6. The van der Waals surface area contributed by atoms with Gasteiger partial charge in [0.05, 0.1) is 19.3 Å². The van der Waals surface area contributed by atoms with Gasteiger partial charge in [-0.15, -0.1) is 0 Å². The second-order valence-corrected chi connectivity index (χ2v) is 6.81. The Hall–Kier alpha value is -4.09. The normalized spacial score (nSPS) is 11.6. The average molecular weight is 464 g/mol. The summed E-state index contributed by atoms with van der Waals surface area (Å²) in [5.74, 6) is -3.87. The van der Waals surface area contributed by atoms with Gasteiger partial charge in [0.2, 0.25) is 5.82 Å². The van der Waals surface area contributed by atoms with Gasteiger partial charge in [-0.2, -0.15) is 23.3 Å². The van der Waals surface area contributed by atoms with Crippen molar-refractivity contribution in [3.05, 3.63) is 77.3 Å². The van der Waals surface area contributed by atoms with Crippen LogP contribution in [0, 0.1) is 11.6 Å². The summed E-state index contributed by atoms with van der Waals surface area (Å²) in [7, 11) is 1.16. The maximum absolute atomic E-state index is 14.4. The molecule has 0 N–H and O–H groups in total. The first-order chi connectivity index (χ1) is 15.7. The number of aromatic nitrogens is 4. The topological polar surface area (TPSA) is 83.0 Å². The van der Waals surface area contributed by atoms with Crippen molar-refractivity contribution in [1.82, 2.24) is 19.9 Å². The van der Waals surface area contributed by atoms with Crippen molar-refractivity contribution < 1.29 is 36.0 Å². The van der Waals surface area contributed by atoms with Crippen molar-refractivity contribution in [3.8, 4) is 22.6 Å². The number of benzene rings is 2. The highest BCUT2D eigenvalue weighted by Crippen LogP contribution is 2.30. The van der Waals surface area contributed by atoms with Crippen molar-refractivity contribution in [2.24, 2.45) is 0 Å². The fraction of sp³-hybridized carbons (Fsp3) is 0.143. The van der Waals surface area contributed by atoms with Gasteiger partial charge in [0.15, 0.2) is 5.69 Å². The molecule has 0 aliphatic rings. The van der Waals surface area contributed by atoms with E-state index in [0.717, 1.165) is 25.3 Å². The standard InChI is InChI=1S/C21H13F5N4O3/c1-32-19(31)16-9-17(14-8-13(22)6-7-15(14)23)30(28-16)10-11-2-4-12(5-3-11)18-27-20(33-29-18)21(24,25)26/h2-9H,10H2,1H3. The van der Waals surface area contributed by atoms with E-state index in [1.165, 1.54) is 22.9 Å². The molecule has 7 nitrogen and oxygen atoms in total. The molecular formula is C21H13F5N4O3. The molecule has 2 aromatic carbocycles. The molecule has 0 fully saturated rings. The molecule has 0 saturated carbocycles. The second kappa shape index (κ2) is 8.45. The van der Waals surface area contributed by atoms with Gasteiger partial charge in [0, 0.05) is 11.1 Å². The molecule has 4 rings (SSSR count). The van der Waals surface area contributed by atoms with E-state index in [1.807, 2.05) is 0 Å². The van der Waals surface area contributed by atoms with Crippen LogP contribution in [0.2, 0.25) is 0 Å². The molecule has 33 heavy (non-hydrogen) atoms. The van der Waals surface area contributed by atoms with Crippen LogP contribution in [0.25, 0.3) is 22.6 Å². The van der Waals surface area contributed by atoms with Gasteiger partial charge >= 0.3 is 18.0 Å². The second-order valence-electron chi connectivity index (χ2n) is 6.81. The molecule has 170 valence electrons. The average Bonchev–Trinajstić information content (AvgIpc) is 3.43. The van der Waals surface area contributed by atoms with Crippen molar-refractivity contribution >= 4 is 5.97 Å². The Morgan fingerprint density at radius 2 is 1.82 bits per heavy atom. The third kappa shape index (κ3) is 4.59. The number of hydrogen-bond donors (Lipinski definition) is 0. The zero-order valence-corrected chi connectivity index (χ0v) is 16.7. The molecule has 0 unspecified atom stereocenters. The van der Waals surface area contributed by atoms with Gasteiger partial charge in [-0.25, -0.2) is 13.6 Å². The third-order valence-corrected chi connectivity index (χ3v) is 4.59. The van der Waals surface area contributed by atoms with E-state index in [4.69, 9.17) is 0 Å². The Morgan fingerprint density at radius 3 is 2.45 bits per heavy atom. The Labute approximate surface area is 182 Å². The minimum Gasteiger partial charge on any atom is -0.464 e. The zero-order valence-electron chi connectivity index (χ0n) is 16.7. The molecule has 0 amide bonds. The highest BCUT2D eigenvalue weighted by atomic mass is 19.4. The minimum atomic E-state index is -4.76. The molecule has 2 heterocycles. The lowest BCUT2D eigenvalue weighted by Crippen LogP contribution is -2.07. The van der Waals surface area contributed by atoms with E-state index < -0.39 is 29.7 Å². The van der Waals surface area contributed by atoms with Crippen molar-refractivity contribution in [1.29, 1.82) is 0 Å². The van der Waals surface area contributed by atoms with Crippen LogP contribution in [0.1, 0.15) is 21.9 Å². The van der Waals surface area contributed by atoms with Crippen molar-refractivity contribution in [2.45, 2.75) is 12.7 Å². The smallest absolute Gasteiger partial charge is 0.464 e. The highest BCUT2D eigenvalue weighted by Gasteiger charge is 2.38. The maximum atomic E-state index is 14.4. The van der Waals surface area contributed by atoms with Crippen LogP contribution in [-0.4, -0.2) is 33.0 Å². The van der Waals surface area contributed by atoms with Gasteiger partial charge in [0.1, 0.15) is 11.6 Å². The van der Waals surface area contributed by atoms with Crippen LogP contribution >= 0.6 is 0 Å². The number of nitrogens with zero attached hydrogens (tertiary/aromatic N) is 4. The maximum Gasteiger partial charge on any atom is 0.471 e. The SMILES string of the molecule is COC(=O)c1cc(-c2cc(F)ccc2F)n(Cc2ccc(-c3noc(C(F)(F)F)n3)cc2)n1. The van der Waals surface area contributed by atoms with Gasteiger partial charge in [0.25, 0.3) is 0 Å². The fourth-order valence-corrected chi connectivity index (χ4v) is 3.04. The summed E-state index contributed by atoms with van der Waals surface area (Å²) in [6.45, 7) is 0.0304. The first-order valence-electron chi connectivity index (χ1n) is 9.27. The summed E-state index contributed by atoms with van der Waals surface area (Å²) >= 11 is 0. The molecule has 0 aliphatic carbocycles. The van der Waals surface area contributed by atoms with Crippen LogP contribution < -0.4 is 0 Å². The summed E-state index contributed by atoms with van der Waals surface area (Å²) < 4.78 is 76.2. The molecule has 0 bridgehead atoms. The van der Waals surface area contributed by atoms with Crippen LogP contribution in [0.5, 0.6) is 0 Å². The monoisotopic (exact) mass is 464 g/mol. The lowest BCUT2D eigenvalue weighted by molar-refractivity contribution is -0.159. The number of rotatable bonds is 5. The summed E-state index contributed by atoms with van der Waals surface area (Å²) in [6, 6.07) is 10.2. The van der Waals surface area contributed by atoms with E-state index in [-0.39, 0.29) is 34.9 Å². The van der Waals surface area contributed by atoms with Crippen LogP contribution in [-0.2, 0) is 17.5 Å². The van der Waals surface area contributed by atoms with Gasteiger partial charge in [-0.05, 0) is 29.8 Å². The van der Waals surface area contributed by atoms with Crippen LogP contribution in [0.15, 0.2) is 53.1 Å². The summed E-state index contributed by atoms with van der Waals surface area (Å²) in [5, 5.41) is 7.44. The quantitative estimate of drug-likeness (QED) is 0.314. The molecule has 0 aliphatic heterocycles. The Balaban J connectivity index is 1.66. The predicted molar refractivity (Wildman–Crippen MR) is 103 cm³/mol. The molecular weight excluding hydrogens is 451 g/mol. The summed E-state index contributed by atoms with van der Waals surface area (Å²) in [6.07, 6.45) is -4.76. The molecule has 4 aromatic rings. The molecule has 12 heteroatoms. The molecule has 2 aromatic heterocycles. The molecule has 0 saturated heterocycles. The zero-order chi connectivity index (χ0) is 23.8. The van der Waals surface area contributed by atoms with E-state index in [1.54, 1.807) is 12.1 Å². The number of methoxy groups -OCH3 is 1. The van der Waals surface area contributed by atoms with E-state index in [2.05, 4.69) is 24.5 Å². The lowest BCUT2D eigenvalue weighted by atomic mass is 10.1. The number of carbonyl (C=O) groups excluding carboxylic acids is 1.